The van der Waals surface area contributed by atoms with E-state index in [4.69, 9.17) is 4.42 Å². The SMILES string of the molecule is O=[N+]([O-])c1ccc2oc(NCCCn3cccn3)nc2c1. The Morgan fingerprint density at radius 1 is 1.43 bits per heavy atom. The molecule has 0 aliphatic heterocycles. The number of nitrogens with zero attached hydrogens (tertiary/aromatic N) is 4. The van der Waals surface area contributed by atoms with Crippen LogP contribution in [0.3, 0.4) is 0 Å². The van der Waals surface area contributed by atoms with Gasteiger partial charge in [-0.3, -0.25) is 14.8 Å². The van der Waals surface area contributed by atoms with E-state index in [1.807, 2.05) is 16.9 Å². The molecule has 0 fully saturated rings. The Hall–Kier alpha value is -2.90. The molecular weight excluding hydrogens is 274 g/mol. The molecule has 1 N–H and O–H groups in total. The van der Waals surface area contributed by atoms with Crippen LogP contribution in [0.1, 0.15) is 6.42 Å². The van der Waals surface area contributed by atoms with Crippen molar-refractivity contribution in [3.63, 3.8) is 0 Å². The van der Waals surface area contributed by atoms with Gasteiger partial charge in [0.05, 0.1) is 4.92 Å². The standard InChI is InChI=1S/C13H13N5O3/c19-18(20)10-3-4-12-11(9-10)16-13(21-12)14-5-1-7-17-8-2-6-15-17/h2-4,6,8-9H,1,5,7H2,(H,14,16). The number of rotatable bonds is 6. The van der Waals surface area contributed by atoms with Crippen LogP contribution in [0.5, 0.6) is 0 Å². The lowest BCUT2D eigenvalue weighted by molar-refractivity contribution is -0.384. The van der Waals surface area contributed by atoms with Gasteiger partial charge < -0.3 is 9.73 Å². The van der Waals surface area contributed by atoms with Crippen LogP contribution in [0, 0.1) is 10.1 Å². The summed E-state index contributed by atoms with van der Waals surface area (Å²) in [6.07, 6.45) is 4.50. The third-order valence-corrected chi connectivity index (χ3v) is 2.98. The summed E-state index contributed by atoms with van der Waals surface area (Å²) in [4.78, 5) is 14.4. The van der Waals surface area contributed by atoms with E-state index in [1.165, 1.54) is 12.1 Å². The number of fused-ring (bicyclic) bond motifs is 1. The predicted molar refractivity (Wildman–Crippen MR) is 76.0 cm³/mol. The van der Waals surface area contributed by atoms with Crippen LogP contribution < -0.4 is 5.32 Å². The van der Waals surface area contributed by atoms with Gasteiger partial charge in [0, 0.05) is 37.6 Å². The van der Waals surface area contributed by atoms with E-state index in [0.717, 1.165) is 13.0 Å². The molecule has 2 heterocycles. The summed E-state index contributed by atoms with van der Waals surface area (Å²) in [6.45, 7) is 1.47. The summed E-state index contributed by atoms with van der Waals surface area (Å²) in [5.41, 5.74) is 0.995. The molecule has 0 saturated heterocycles. The molecule has 0 spiro atoms. The van der Waals surface area contributed by atoms with E-state index in [-0.39, 0.29) is 5.69 Å². The second-order valence-corrected chi connectivity index (χ2v) is 4.48. The van der Waals surface area contributed by atoms with Gasteiger partial charge in [0.25, 0.3) is 11.7 Å². The molecule has 108 valence electrons. The van der Waals surface area contributed by atoms with Crippen molar-refractivity contribution in [2.45, 2.75) is 13.0 Å². The van der Waals surface area contributed by atoms with Crippen molar-refractivity contribution in [3.8, 4) is 0 Å². The number of nitro groups is 1. The zero-order valence-corrected chi connectivity index (χ0v) is 11.1. The minimum atomic E-state index is -0.453. The van der Waals surface area contributed by atoms with Crippen LogP contribution in [0.2, 0.25) is 0 Å². The second-order valence-electron chi connectivity index (χ2n) is 4.48. The van der Waals surface area contributed by atoms with Crippen molar-refractivity contribution < 1.29 is 9.34 Å². The molecule has 21 heavy (non-hydrogen) atoms. The second kappa shape index (κ2) is 5.61. The molecule has 0 aliphatic carbocycles. The van der Waals surface area contributed by atoms with E-state index in [0.29, 0.717) is 23.7 Å². The van der Waals surface area contributed by atoms with Crippen LogP contribution in [0.4, 0.5) is 11.7 Å². The Morgan fingerprint density at radius 2 is 2.33 bits per heavy atom. The van der Waals surface area contributed by atoms with Gasteiger partial charge in [-0.15, -0.1) is 0 Å². The highest BCUT2D eigenvalue weighted by Gasteiger charge is 2.11. The monoisotopic (exact) mass is 287 g/mol. The molecule has 3 aromatic rings. The Bertz CT molecular complexity index is 750. The number of hydrogen-bond acceptors (Lipinski definition) is 6. The maximum absolute atomic E-state index is 10.7. The molecule has 3 rings (SSSR count). The average Bonchev–Trinajstić information content (AvgIpc) is 3.11. The van der Waals surface area contributed by atoms with Crippen LogP contribution in [-0.4, -0.2) is 26.2 Å². The van der Waals surface area contributed by atoms with E-state index < -0.39 is 4.92 Å². The molecule has 0 unspecified atom stereocenters. The van der Waals surface area contributed by atoms with Gasteiger partial charge in [0.2, 0.25) is 0 Å². The summed E-state index contributed by atoms with van der Waals surface area (Å²) < 4.78 is 7.32. The maximum Gasteiger partial charge on any atom is 0.295 e. The van der Waals surface area contributed by atoms with E-state index in [2.05, 4.69) is 15.4 Å². The smallest absolute Gasteiger partial charge is 0.295 e. The Kier molecular flexibility index (Phi) is 3.50. The van der Waals surface area contributed by atoms with Gasteiger partial charge >= 0.3 is 0 Å². The van der Waals surface area contributed by atoms with E-state index in [9.17, 15) is 10.1 Å². The first-order valence-corrected chi connectivity index (χ1v) is 6.49. The van der Waals surface area contributed by atoms with E-state index in [1.54, 1.807) is 12.3 Å². The van der Waals surface area contributed by atoms with Gasteiger partial charge in [-0.1, -0.05) is 0 Å². The Labute approximate surface area is 119 Å². The first kappa shape index (κ1) is 13.1. The van der Waals surface area contributed by atoms with Gasteiger partial charge in [0.1, 0.15) is 5.52 Å². The molecule has 0 radical (unpaired) electrons. The number of hydrogen-bond donors (Lipinski definition) is 1. The lowest BCUT2D eigenvalue weighted by Crippen LogP contribution is -2.07. The number of aryl methyl sites for hydroxylation is 1. The summed E-state index contributed by atoms with van der Waals surface area (Å²) in [7, 11) is 0. The summed E-state index contributed by atoms with van der Waals surface area (Å²) >= 11 is 0. The third kappa shape index (κ3) is 2.99. The number of nitro benzene ring substituents is 1. The normalized spacial score (nSPS) is 10.9. The molecule has 0 saturated carbocycles. The molecule has 8 nitrogen and oxygen atoms in total. The first-order chi connectivity index (χ1) is 10.2. The minimum absolute atomic E-state index is 0.000956. The maximum atomic E-state index is 10.7. The molecule has 0 atom stereocenters. The Balaban J connectivity index is 1.60. The fourth-order valence-electron chi connectivity index (χ4n) is 1.97. The molecule has 0 amide bonds. The minimum Gasteiger partial charge on any atom is -0.424 e. The van der Waals surface area contributed by atoms with E-state index >= 15 is 0 Å². The number of nitrogens with one attached hydrogen (secondary N) is 1. The Morgan fingerprint density at radius 3 is 3.10 bits per heavy atom. The van der Waals surface area contributed by atoms with Gasteiger partial charge in [0.15, 0.2) is 5.58 Å². The van der Waals surface area contributed by atoms with Crippen molar-refractivity contribution in [2.75, 3.05) is 11.9 Å². The van der Waals surface area contributed by atoms with Crippen molar-refractivity contribution in [1.82, 2.24) is 14.8 Å². The van der Waals surface area contributed by atoms with Gasteiger partial charge in [-0.2, -0.15) is 10.1 Å². The number of aromatic nitrogens is 3. The largest absolute Gasteiger partial charge is 0.424 e. The zero-order chi connectivity index (χ0) is 14.7. The highest BCUT2D eigenvalue weighted by molar-refractivity contribution is 5.77. The number of benzene rings is 1. The predicted octanol–water partition coefficient (Wildman–Crippen LogP) is 2.43. The van der Waals surface area contributed by atoms with Crippen LogP contribution >= 0.6 is 0 Å². The fourth-order valence-corrected chi connectivity index (χ4v) is 1.97. The highest BCUT2D eigenvalue weighted by Crippen LogP contribution is 2.23. The van der Waals surface area contributed by atoms with Gasteiger partial charge in [-0.25, -0.2) is 0 Å². The summed E-state index contributed by atoms with van der Waals surface area (Å²) in [5, 5.41) is 17.9. The van der Waals surface area contributed by atoms with Crippen molar-refractivity contribution >= 4 is 22.8 Å². The molecule has 0 bridgehead atoms. The van der Waals surface area contributed by atoms with Crippen molar-refractivity contribution in [1.29, 1.82) is 0 Å². The first-order valence-electron chi connectivity index (χ1n) is 6.49. The van der Waals surface area contributed by atoms with Crippen LogP contribution in [0.15, 0.2) is 41.1 Å². The number of non-ortho nitro benzene ring substituents is 1. The fraction of sp³-hybridized carbons (Fsp3) is 0.231. The quantitative estimate of drug-likeness (QED) is 0.424. The topological polar surface area (TPSA) is 99.0 Å². The molecule has 0 aliphatic rings. The molecule has 2 aromatic heterocycles. The highest BCUT2D eigenvalue weighted by atomic mass is 16.6. The number of oxazole rings is 1. The van der Waals surface area contributed by atoms with Gasteiger partial charge in [-0.05, 0) is 18.6 Å². The third-order valence-electron chi connectivity index (χ3n) is 2.98. The zero-order valence-electron chi connectivity index (χ0n) is 11.1. The molecular formula is C13H13N5O3. The number of anilines is 1. The lowest BCUT2D eigenvalue weighted by Gasteiger charge is -2.01. The van der Waals surface area contributed by atoms with Crippen molar-refractivity contribution in [3.05, 3.63) is 46.8 Å². The van der Waals surface area contributed by atoms with Crippen molar-refractivity contribution in [2.24, 2.45) is 0 Å². The van der Waals surface area contributed by atoms with Crippen LogP contribution in [-0.2, 0) is 6.54 Å². The molecule has 1 aromatic carbocycles. The lowest BCUT2D eigenvalue weighted by atomic mass is 10.3. The molecule has 8 heteroatoms. The summed E-state index contributed by atoms with van der Waals surface area (Å²) in [5.74, 6) is 0. The average molecular weight is 287 g/mol. The summed E-state index contributed by atoms with van der Waals surface area (Å²) in [6, 6.07) is 6.59. The van der Waals surface area contributed by atoms with Crippen LogP contribution in [0.25, 0.3) is 11.1 Å².